The van der Waals surface area contributed by atoms with Crippen molar-refractivity contribution >= 4 is 11.6 Å². The minimum atomic E-state index is 0.724. The highest BCUT2D eigenvalue weighted by atomic mass is 35.5. The third kappa shape index (κ3) is 3.97. The fraction of sp³-hybridized carbons (Fsp3) is 0.643. The van der Waals surface area contributed by atoms with Gasteiger partial charge < -0.3 is 0 Å². The summed E-state index contributed by atoms with van der Waals surface area (Å²) in [7, 11) is 0. The van der Waals surface area contributed by atoms with Gasteiger partial charge in [-0.05, 0) is 30.5 Å². The maximum atomic E-state index is 5.93. The van der Waals surface area contributed by atoms with Crippen LogP contribution in [0.1, 0.15) is 37.7 Å². The Morgan fingerprint density at radius 1 is 1.18 bits per heavy atom. The summed E-state index contributed by atoms with van der Waals surface area (Å²) in [6.07, 6.45) is 10.6. The maximum Gasteiger partial charge on any atom is 0.0351 e. The second-order valence-electron chi connectivity index (χ2n) is 4.81. The molecule has 0 radical (unpaired) electrons. The van der Waals surface area contributed by atoms with Crippen LogP contribution in [0.2, 0.25) is 0 Å². The van der Waals surface area contributed by atoms with Crippen molar-refractivity contribution in [1.82, 2.24) is 9.88 Å². The zero-order valence-electron chi connectivity index (χ0n) is 10.3. The molecular formula is C14H21ClN2. The molecule has 1 aromatic heterocycles. The van der Waals surface area contributed by atoms with Crippen LogP contribution in [-0.2, 0) is 6.54 Å². The third-order valence-corrected chi connectivity index (χ3v) is 3.77. The van der Waals surface area contributed by atoms with Crippen LogP contribution >= 0.6 is 11.6 Å². The monoisotopic (exact) mass is 252 g/mol. The second-order valence-corrected chi connectivity index (χ2v) is 5.18. The zero-order chi connectivity index (χ0) is 11.9. The van der Waals surface area contributed by atoms with E-state index in [2.05, 4.69) is 22.0 Å². The number of rotatable bonds is 5. The quantitative estimate of drug-likeness (QED) is 0.747. The van der Waals surface area contributed by atoms with E-state index in [1.54, 1.807) is 0 Å². The first-order valence-corrected chi connectivity index (χ1v) is 7.12. The Balaban J connectivity index is 1.96. The van der Waals surface area contributed by atoms with Gasteiger partial charge in [0.1, 0.15) is 0 Å². The van der Waals surface area contributed by atoms with Gasteiger partial charge in [-0.2, -0.15) is 0 Å². The number of aromatic nitrogens is 1. The van der Waals surface area contributed by atoms with E-state index in [4.69, 9.17) is 11.6 Å². The first-order chi connectivity index (χ1) is 8.40. The van der Waals surface area contributed by atoms with Gasteiger partial charge in [0.05, 0.1) is 0 Å². The van der Waals surface area contributed by atoms with Gasteiger partial charge in [-0.3, -0.25) is 9.88 Å². The Bertz CT molecular complexity index is 309. The average molecular weight is 253 g/mol. The molecule has 1 heterocycles. The molecule has 3 heteroatoms. The van der Waals surface area contributed by atoms with E-state index in [-0.39, 0.29) is 0 Å². The van der Waals surface area contributed by atoms with Crippen LogP contribution < -0.4 is 0 Å². The lowest BCUT2D eigenvalue weighted by molar-refractivity contribution is 0.157. The molecule has 2 nitrogen and oxygen atoms in total. The van der Waals surface area contributed by atoms with Gasteiger partial charge in [0, 0.05) is 37.4 Å². The van der Waals surface area contributed by atoms with Crippen LogP contribution in [0.4, 0.5) is 0 Å². The summed E-state index contributed by atoms with van der Waals surface area (Å²) < 4.78 is 0. The third-order valence-electron chi connectivity index (χ3n) is 3.60. The predicted octanol–water partition coefficient (Wildman–Crippen LogP) is 3.46. The highest BCUT2D eigenvalue weighted by molar-refractivity contribution is 6.18. The minimum absolute atomic E-state index is 0.724. The number of hydrogen-bond donors (Lipinski definition) is 0. The molecule has 1 aliphatic rings. The summed E-state index contributed by atoms with van der Waals surface area (Å²) in [5.74, 6) is 0.724. The van der Waals surface area contributed by atoms with Gasteiger partial charge in [-0.25, -0.2) is 0 Å². The van der Waals surface area contributed by atoms with Crippen LogP contribution in [0, 0.1) is 0 Å². The smallest absolute Gasteiger partial charge is 0.0351 e. The van der Waals surface area contributed by atoms with E-state index in [0.717, 1.165) is 25.0 Å². The van der Waals surface area contributed by atoms with Crippen LogP contribution in [0.5, 0.6) is 0 Å². The van der Waals surface area contributed by atoms with E-state index in [1.807, 2.05) is 12.4 Å². The van der Waals surface area contributed by atoms with Crippen LogP contribution in [0.3, 0.4) is 0 Å². The number of alkyl halides is 1. The summed E-state index contributed by atoms with van der Waals surface area (Å²) in [5, 5.41) is 0. The average Bonchev–Trinajstić information content (AvgIpc) is 2.40. The lowest BCUT2D eigenvalue weighted by Gasteiger charge is -2.34. The molecule has 0 amide bonds. The Morgan fingerprint density at radius 2 is 1.88 bits per heavy atom. The van der Waals surface area contributed by atoms with Crippen LogP contribution in [0.15, 0.2) is 24.5 Å². The largest absolute Gasteiger partial charge is 0.295 e. The van der Waals surface area contributed by atoms with Crippen LogP contribution in [0.25, 0.3) is 0 Å². The molecule has 0 N–H and O–H groups in total. The molecule has 0 aromatic carbocycles. The number of hydrogen-bond acceptors (Lipinski definition) is 2. The Morgan fingerprint density at radius 3 is 2.53 bits per heavy atom. The van der Waals surface area contributed by atoms with E-state index in [9.17, 15) is 0 Å². The van der Waals surface area contributed by atoms with E-state index >= 15 is 0 Å². The van der Waals surface area contributed by atoms with Crippen LogP contribution in [-0.4, -0.2) is 28.4 Å². The van der Waals surface area contributed by atoms with Gasteiger partial charge in [-0.1, -0.05) is 19.3 Å². The first-order valence-electron chi connectivity index (χ1n) is 6.59. The fourth-order valence-corrected chi connectivity index (χ4v) is 2.89. The molecule has 0 saturated heterocycles. The molecule has 2 rings (SSSR count). The summed E-state index contributed by atoms with van der Waals surface area (Å²) in [6, 6.07) is 4.93. The van der Waals surface area contributed by atoms with E-state index in [0.29, 0.717) is 0 Å². The maximum absolute atomic E-state index is 5.93. The topological polar surface area (TPSA) is 16.1 Å². The van der Waals surface area contributed by atoms with Crippen molar-refractivity contribution in [2.75, 3.05) is 12.4 Å². The summed E-state index contributed by atoms with van der Waals surface area (Å²) >= 11 is 5.93. The van der Waals surface area contributed by atoms with Gasteiger partial charge in [0.2, 0.25) is 0 Å². The minimum Gasteiger partial charge on any atom is -0.295 e. The molecule has 0 atom stereocenters. The molecule has 0 unspecified atom stereocenters. The number of halogens is 1. The molecule has 94 valence electrons. The van der Waals surface area contributed by atoms with Gasteiger partial charge in [-0.15, -0.1) is 11.6 Å². The van der Waals surface area contributed by atoms with Crippen molar-refractivity contribution in [3.05, 3.63) is 30.1 Å². The molecule has 1 saturated carbocycles. The molecule has 1 aromatic rings. The standard InChI is InChI=1S/C14H21ClN2/c15-8-11-17(14-4-2-1-3-5-14)12-13-6-9-16-10-7-13/h6-7,9-10,14H,1-5,8,11-12H2. The molecule has 1 fully saturated rings. The van der Waals surface area contributed by atoms with Crippen molar-refractivity contribution in [3.63, 3.8) is 0 Å². The summed E-state index contributed by atoms with van der Waals surface area (Å²) in [6.45, 7) is 2.01. The van der Waals surface area contributed by atoms with Crippen molar-refractivity contribution in [1.29, 1.82) is 0 Å². The number of pyridine rings is 1. The van der Waals surface area contributed by atoms with Crippen molar-refractivity contribution in [3.8, 4) is 0 Å². The van der Waals surface area contributed by atoms with E-state index in [1.165, 1.54) is 37.7 Å². The van der Waals surface area contributed by atoms with Crippen molar-refractivity contribution < 1.29 is 0 Å². The summed E-state index contributed by atoms with van der Waals surface area (Å²) in [4.78, 5) is 6.61. The molecule has 1 aliphatic carbocycles. The first kappa shape index (κ1) is 12.8. The molecular weight excluding hydrogens is 232 g/mol. The van der Waals surface area contributed by atoms with Crippen molar-refractivity contribution in [2.24, 2.45) is 0 Å². The molecule has 17 heavy (non-hydrogen) atoms. The van der Waals surface area contributed by atoms with Gasteiger partial charge in [0.15, 0.2) is 0 Å². The Kier molecular flexibility index (Phi) is 5.27. The predicted molar refractivity (Wildman–Crippen MR) is 72.2 cm³/mol. The SMILES string of the molecule is ClCCN(Cc1ccncc1)C1CCCCC1. The van der Waals surface area contributed by atoms with Gasteiger partial charge >= 0.3 is 0 Å². The van der Waals surface area contributed by atoms with Gasteiger partial charge in [0.25, 0.3) is 0 Å². The summed E-state index contributed by atoms with van der Waals surface area (Å²) in [5.41, 5.74) is 1.34. The van der Waals surface area contributed by atoms with E-state index < -0.39 is 0 Å². The van der Waals surface area contributed by atoms with Crippen molar-refractivity contribution in [2.45, 2.75) is 44.7 Å². The fourth-order valence-electron chi connectivity index (χ4n) is 2.67. The normalized spacial score (nSPS) is 17.5. The lowest BCUT2D eigenvalue weighted by atomic mass is 9.94. The number of nitrogens with zero attached hydrogens (tertiary/aromatic N) is 2. The molecule has 0 spiro atoms. The Labute approximate surface area is 109 Å². The highest BCUT2D eigenvalue weighted by Gasteiger charge is 2.20. The molecule has 0 aliphatic heterocycles. The Hall–Kier alpha value is -0.600. The molecule has 0 bridgehead atoms. The highest BCUT2D eigenvalue weighted by Crippen LogP contribution is 2.23. The lowest BCUT2D eigenvalue weighted by Crippen LogP contribution is -2.37. The zero-order valence-corrected chi connectivity index (χ0v) is 11.1. The second kappa shape index (κ2) is 6.97.